The first-order chi connectivity index (χ1) is 58.4. The van der Waals surface area contributed by atoms with E-state index in [0.717, 1.165) is 67.2 Å². The number of nitrogens with zero attached hydrogens (tertiary/aromatic N) is 15. The number of nitrogens with one attached hydrogen (secondary N) is 5. The Morgan fingerprint density at radius 1 is 0.463 bits per heavy atom. The number of carbonyl (C=O) groups excluding carboxylic acids is 5. The number of pyridine rings is 6. The van der Waals surface area contributed by atoms with Crippen molar-refractivity contribution >= 4 is 139 Å². The number of carboxylic acids is 1. The largest absolute Gasteiger partial charge is 0.480 e. The second kappa shape index (κ2) is 39.9. The van der Waals surface area contributed by atoms with E-state index in [1.807, 2.05) is 23.0 Å². The maximum absolute atomic E-state index is 13.8. The van der Waals surface area contributed by atoms with E-state index in [2.05, 4.69) is 70.7 Å². The summed E-state index contributed by atoms with van der Waals surface area (Å²) >= 11 is 24.5. The number of β-amino-alcohol motifs (C(OH)–C–C–N with tert-alkyl or cyclic N) is 3. The van der Waals surface area contributed by atoms with Crippen molar-refractivity contribution in [2.24, 2.45) is 33.0 Å². The van der Waals surface area contributed by atoms with Crippen LogP contribution in [-0.2, 0) is 79.5 Å². The number of carboxylic acid groups (broad SMARTS) is 1. The lowest BCUT2D eigenvalue weighted by molar-refractivity contribution is -0.141. The monoisotopic (exact) mass is 1780 g/mol. The van der Waals surface area contributed by atoms with E-state index in [1.165, 1.54) is 43.1 Å². The molecule has 3 aromatic carbocycles. The lowest BCUT2D eigenvalue weighted by atomic mass is 10.0. The van der Waals surface area contributed by atoms with Crippen molar-refractivity contribution in [2.75, 3.05) is 82.4 Å². The fourth-order valence-electron chi connectivity index (χ4n) is 13.9. The second-order valence-corrected chi connectivity index (χ2v) is 32.0. The predicted octanol–water partition coefficient (Wildman–Crippen LogP) is 6.49. The van der Waals surface area contributed by atoms with Gasteiger partial charge >= 0.3 is 11.9 Å². The van der Waals surface area contributed by atoms with Crippen LogP contribution in [0.2, 0.25) is 20.1 Å². The van der Waals surface area contributed by atoms with Gasteiger partial charge in [0.15, 0.2) is 0 Å². The first-order valence-electron chi connectivity index (χ1n) is 38.9. The molecular weight excluding hydrogens is 1690 g/mol. The van der Waals surface area contributed by atoms with Gasteiger partial charge < -0.3 is 66.4 Å². The van der Waals surface area contributed by atoms with Gasteiger partial charge in [0.2, 0.25) is 5.91 Å². The van der Waals surface area contributed by atoms with Crippen LogP contribution in [-0.4, -0.2) is 210 Å². The summed E-state index contributed by atoms with van der Waals surface area (Å²) in [5, 5.41) is 68.3. The van der Waals surface area contributed by atoms with E-state index in [4.69, 9.17) is 56.2 Å². The van der Waals surface area contributed by atoms with Gasteiger partial charge in [0, 0.05) is 195 Å². The molecule has 0 saturated carbocycles. The van der Waals surface area contributed by atoms with E-state index in [1.54, 1.807) is 155 Å². The number of ether oxygens (including phenoxy) is 1. The minimum absolute atomic E-state index is 0. The molecule has 17 rings (SSSR count). The van der Waals surface area contributed by atoms with E-state index in [9.17, 15) is 58.5 Å². The van der Waals surface area contributed by atoms with Gasteiger partial charge in [-0.1, -0.05) is 96.6 Å². The van der Waals surface area contributed by atoms with Gasteiger partial charge in [0.1, 0.15) is 53.3 Å². The smallest absolute Gasteiger partial charge is 0.325 e. The van der Waals surface area contributed by atoms with Crippen LogP contribution in [0.4, 0.5) is 11.4 Å². The Kier molecular flexibility index (Phi) is 29.3. The molecule has 5 aliphatic rings. The molecule has 5 aliphatic heterocycles. The Bertz CT molecular complexity index is 6100. The summed E-state index contributed by atoms with van der Waals surface area (Å²) in [5.41, 5.74) is 6.06. The normalized spacial score (nSPS) is 14.4. The number of amides is 4. The number of aryl methyl sites for hydroxylation is 3. The molecule has 39 heteroatoms. The average Bonchev–Trinajstić information content (AvgIpc) is 1.58. The molecular formula is C84H89Cl5N20O14. The summed E-state index contributed by atoms with van der Waals surface area (Å²) < 4.78 is 13.0. The molecule has 4 amide bonds. The van der Waals surface area contributed by atoms with Gasteiger partial charge in [-0.2, -0.15) is 15.3 Å². The quantitative estimate of drug-likeness (QED) is 0.0368. The summed E-state index contributed by atoms with van der Waals surface area (Å²) in [6.45, 7) is 10.2. The van der Waals surface area contributed by atoms with E-state index in [0.29, 0.717) is 104 Å². The second-order valence-electron chi connectivity index (χ2n) is 30.3. The number of likely N-dealkylation sites (tertiary alicyclic amines) is 1. The first kappa shape index (κ1) is 90.3. The summed E-state index contributed by atoms with van der Waals surface area (Å²) in [6, 6.07) is 25.3. The average molecular weight is 1780 g/mol. The highest BCUT2D eigenvalue weighted by Gasteiger charge is 2.35. The van der Waals surface area contributed by atoms with Gasteiger partial charge in [0.05, 0.1) is 60.4 Å². The van der Waals surface area contributed by atoms with Crippen molar-refractivity contribution in [3.63, 3.8) is 0 Å². The van der Waals surface area contributed by atoms with Crippen molar-refractivity contribution < 1.29 is 53.9 Å². The summed E-state index contributed by atoms with van der Waals surface area (Å²) in [7, 11) is 6.56. The number of aliphatic hydroxyl groups excluding tert-OH is 3. The number of aliphatic carboxylic acids is 1. The molecule has 0 aliphatic carbocycles. The SMILES string of the molecule is CC1CN(C(=O)Cn2c(=O)c(C(=O)NCc3ccc(Cl)cc3)cc3c(N4CC(O)C4)c(-c4cnn(C)c4)cnc32)C1.CC1CNC1.COC(=O)Cn1c(=O)c(C(=O)NCc2ccc(Cl)cc2)cc2c(Cl)c(-c3cnn(C)c3)cnc21.Cl.Cn1cc(-c2cnc3c(cc(C(=O)NCc4ccc(Cl)cc4)c(=O)n3CC(=O)O)c2N2CC(O)C2)cn1.OC1CNC1. The third-order valence-electron chi connectivity index (χ3n) is 20.7. The molecule has 644 valence electrons. The Labute approximate surface area is 729 Å². The van der Waals surface area contributed by atoms with Crippen LogP contribution >= 0.6 is 58.8 Å². The number of fused-ring (bicyclic) bond motifs is 3. The number of aliphatic hydroxyl groups is 3. The molecule has 5 saturated heterocycles. The molecule has 9 N–H and O–H groups in total. The molecule has 14 heterocycles. The van der Waals surface area contributed by atoms with Crippen LogP contribution in [0.5, 0.6) is 0 Å². The lowest BCUT2D eigenvalue weighted by Gasteiger charge is -2.39. The van der Waals surface area contributed by atoms with Gasteiger partial charge in [-0.15, -0.1) is 12.4 Å². The van der Waals surface area contributed by atoms with Crippen molar-refractivity contribution in [1.82, 2.24) is 89.5 Å². The maximum Gasteiger partial charge on any atom is 0.325 e. The number of hydrogen-bond donors (Lipinski definition) is 9. The molecule has 9 aromatic heterocycles. The minimum atomic E-state index is -1.25. The molecule has 0 radical (unpaired) electrons. The number of rotatable bonds is 20. The number of esters is 1. The molecule has 0 spiro atoms. The van der Waals surface area contributed by atoms with Gasteiger partial charge in [-0.05, 0) is 96.2 Å². The van der Waals surface area contributed by atoms with Crippen LogP contribution in [0.15, 0.2) is 161 Å². The molecule has 0 bridgehead atoms. The van der Waals surface area contributed by atoms with E-state index in [-0.39, 0.29) is 83.6 Å². The lowest BCUT2D eigenvalue weighted by Crippen LogP contribution is -2.51. The third kappa shape index (κ3) is 21.4. The number of halogens is 5. The van der Waals surface area contributed by atoms with E-state index < -0.39 is 71.6 Å². The highest BCUT2D eigenvalue weighted by Crippen LogP contribution is 2.41. The fourth-order valence-corrected chi connectivity index (χ4v) is 14.6. The zero-order chi connectivity index (χ0) is 86.9. The standard InChI is InChI=1S/C29H30ClN7O4.C25H23ClN6O5.C23H19Cl2N5O4.C4H9N.C3H7NO.ClH/c1-17-11-35(12-17)25(39)16-37-27-22(7-23(29(37)41)28(40)32-8-18-3-5-20(30)6-4-18)26(36-14-21(38)15-36)24(10-31-27)19-9-33-34(2)13-19;1-30-10-15(8-29-30)20-9-27-23-18(22(20)31-11-17(33)12-31)6-19(25(37)32(23)13-21(34)35)24(36)28-7-14-2-4-16(26)5-3-14;1-29-11-14(9-28-29)18-10-26-21-16(20(18)25)7-17(23(33)30(21)12-19(31)34-2)22(32)27-8-13-3-5-15(24)6-4-13;1-4-2-5-3-4;5-3-1-4-2-3;/h3-7,9-10,13,17,21,38H,8,11-12,14-16H2,1-2H3,(H,32,40);2-6,8-10,17,33H,7,11-13H2,1H3,(H,28,36)(H,34,35);3-7,9-11H,8,12H2,1-2H3,(H,27,32);4-5H,2-3H2,1H3;3-5H,1-2H2;1H. The van der Waals surface area contributed by atoms with Gasteiger partial charge in [0.25, 0.3) is 34.4 Å². The van der Waals surface area contributed by atoms with Crippen LogP contribution in [0.25, 0.3) is 66.5 Å². The van der Waals surface area contributed by atoms with Crippen LogP contribution in [0.3, 0.4) is 0 Å². The highest BCUT2D eigenvalue weighted by molar-refractivity contribution is 6.38. The number of anilines is 2. The molecule has 0 atom stereocenters. The topological polar surface area (TPSA) is 421 Å². The van der Waals surface area contributed by atoms with Gasteiger partial charge in [-0.3, -0.25) is 70.9 Å². The van der Waals surface area contributed by atoms with Crippen molar-refractivity contribution in [3.05, 3.63) is 231 Å². The summed E-state index contributed by atoms with van der Waals surface area (Å²) in [5.74, 6) is -2.60. The molecule has 0 unspecified atom stereocenters. The van der Waals surface area contributed by atoms with Gasteiger partial charge in [-0.25, -0.2) is 15.0 Å². The summed E-state index contributed by atoms with van der Waals surface area (Å²) in [4.78, 5) is 136. The number of methoxy groups -OCH3 is 1. The molecule has 123 heavy (non-hydrogen) atoms. The molecule has 5 fully saturated rings. The molecule has 34 nitrogen and oxygen atoms in total. The van der Waals surface area contributed by atoms with Crippen molar-refractivity contribution in [2.45, 2.75) is 71.4 Å². The zero-order valence-electron chi connectivity index (χ0n) is 67.6. The third-order valence-corrected chi connectivity index (χ3v) is 21.9. The van der Waals surface area contributed by atoms with Crippen molar-refractivity contribution in [1.29, 1.82) is 0 Å². The zero-order valence-corrected chi connectivity index (χ0v) is 71.4. The Hall–Kier alpha value is -12.0. The number of carbonyl (C=O) groups is 6. The van der Waals surface area contributed by atoms with Crippen LogP contribution < -0.4 is 53.1 Å². The summed E-state index contributed by atoms with van der Waals surface area (Å²) in [6.07, 6.45) is 14.1. The van der Waals surface area contributed by atoms with Crippen LogP contribution in [0.1, 0.15) is 61.6 Å². The van der Waals surface area contributed by atoms with Crippen molar-refractivity contribution in [3.8, 4) is 33.4 Å². The Balaban J connectivity index is 0.000000159. The number of aromatic nitrogens is 12. The highest BCUT2D eigenvalue weighted by atomic mass is 35.5. The first-order valence-corrected chi connectivity index (χ1v) is 40.4. The maximum atomic E-state index is 13.8. The predicted molar refractivity (Wildman–Crippen MR) is 467 cm³/mol. The Morgan fingerprint density at radius 3 is 1.11 bits per heavy atom. The Morgan fingerprint density at radius 2 is 0.797 bits per heavy atom. The van der Waals surface area contributed by atoms with Crippen LogP contribution in [0, 0.1) is 11.8 Å². The fraction of sp³-hybridized carbons (Fsp3) is 0.321. The van der Waals surface area contributed by atoms with E-state index >= 15 is 0 Å². The minimum Gasteiger partial charge on any atom is -0.480 e. The number of hydrogen-bond acceptors (Lipinski definition) is 23. The molecule has 12 aromatic rings. The number of benzene rings is 3.